The zero-order valence-corrected chi connectivity index (χ0v) is 10.5. The molecule has 0 saturated carbocycles. The van der Waals surface area contributed by atoms with Gasteiger partial charge in [0.1, 0.15) is 0 Å². The van der Waals surface area contributed by atoms with Crippen LogP contribution in [0.4, 0.5) is 0 Å². The van der Waals surface area contributed by atoms with E-state index in [-0.39, 0.29) is 5.56 Å². The SMILES string of the molecule is CC1(O)CCN(Cc2ccc(C(=O)O)cn2)CC1. The van der Waals surface area contributed by atoms with Crippen molar-refractivity contribution < 1.29 is 15.0 Å². The maximum atomic E-state index is 10.7. The quantitative estimate of drug-likeness (QED) is 0.841. The monoisotopic (exact) mass is 250 g/mol. The molecule has 1 aromatic heterocycles. The Labute approximate surface area is 106 Å². The standard InChI is InChI=1S/C13H18N2O3/c1-13(18)4-6-15(7-5-13)9-11-3-2-10(8-14-11)12(16)17/h2-3,8,18H,4-7,9H2,1H3,(H,16,17). The molecule has 0 aromatic carbocycles. The summed E-state index contributed by atoms with van der Waals surface area (Å²) in [7, 11) is 0. The van der Waals surface area contributed by atoms with Gasteiger partial charge in [-0.1, -0.05) is 0 Å². The summed E-state index contributed by atoms with van der Waals surface area (Å²) in [5.41, 5.74) is 0.527. The molecule has 2 N–H and O–H groups in total. The molecule has 98 valence electrons. The molecule has 1 aliphatic heterocycles. The fourth-order valence-corrected chi connectivity index (χ4v) is 2.07. The Hall–Kier alpha value is -1.46. The van der Waals surface area contributed by atoms with Crippen LogP contribution in [0.15, 0.2) is 18.3 Å². The van der Waals surface area contributed by atoms with Crippen molar-refractivity contribution in [3.05, 3.63) is 29.6 Å². The van der Waals surface area contributed by atoms with E-state index in [9.17, 15) is 9.90 Å². The number of nitrogens with zero attached hydrogens (tertiary/aromatic N) is 2. The second-order valence-corrected chi connectivity index (χ2v) is 5.12. The predicted molar refractivity (Wildman–Crippen MR) is 66.3 cm³/mol. The molecule has 0 atom stereocenters. The molecule has 1 aliphatic rings. The van der Waals surface area contributed by atoms with Crippen LogP contribution in [0.3, 0.4) is 0 Å². The normalized spacial score (nSPS) is 19.7. The molecule has 5 heteroatoms. The Kier molecular flexibility index (Phi) is 3.63. The van der Waals surface area contributed by atoms with Gasteiger partial charge in [-0.25, -0.2) is 4.79 Å². The van der Waals surface area contributed by atoms with Crippen LogP contribution < -0.4 is 0 Å². The van der Waals surface area contributed by atoms with Crippen LogP contribution in [0.1, 0.15) is 35.8 Å². The van der Waals surface area contributed by atoms with Gasteiger partial charge >= 0.3 is 5.97 Å². The van der Waals surface area contributed by atoms with Crippen LogP contribution >= 0.6 is 0 Å². The first-order valence-corrected chi connectivity index (χ1v) is 6.09. The Balaban J connectivity index is 1.92. The number of rotatable bonds is 3. The van der Waals surface area contributed by atoms with Crippen LogP contribution in [0.25, 0.3) is 0 Å². The van der Waals surface area contributed by atoms with Gasteiger partial charge in [-0.15, -0.1) is 0 Å². The van der Waals surface area contributed by atoms with Gasteiger partial charge in [0, 0.05) is 25.8 Å². The number of hydrogen-bond donors (Lipinski definition) is 2. The molecule has 0 bridgehead atoms. The largest absolute Gasteiger partial charge is 0.478 e. The lowest BCUT2D eigenvalue weighted by Crippen LogP contribution is -2.42. The van der Waals surface area contributed by atoms with Crippen molar-refractivity contribution in [2.45, 2.75) is 31.9 Å². The van der Waals surface area contributed by atoms with Gasteiger partial charge in [-0.3, -0.25) is 9.88 Å². The van der Waals surface area contributed by atoms with Crippen molar-refractivity contribution in [3.63, 3.8) is 0 Å². The van der Waals surface area contributed by atoms with Gasteiger partial charge in [0.15, 0.2) is 0 Å². The number of likely N-dealkylation sites (tertiary alicyclic amines) is 1. The van der Waals surface area contributed by atoms with Crippen LogP contribution in [0.5, 0.6) is 0 Å². The first-order chi connectivity index (χ1) is 8.46. The third kappa shape index (κ3) is 3.27. The van der Waals surface area contributed by atoms with E-state index in [1.165, 1.54) is 6.20 Å². The van der Waals surface area contributed by atoms with Crippen molar-refractivity contribution >= 4 is 5.97 Å². The summed E-state index contributed by atoms with van der Waals surface area (Å²) < 4.78 is 0. The van der Waals surface area contributed by atoms with Crippen molar-refractivity contribution in [2.24, 2.45) is 0 Å². The Morgan fingerprint density at radius 2 is 2.11 bits per heavy atom. The van der Waals surface area contributed by atoms with E-state index in [0.29, 0.717) is 6.54 Å². The molecule has 1 saturated heterocycles. The first kappa shape index (κ1) is 13.0. The maximum absolute atomic E-state index is 10.7. The molecule has 5 nitrogen and oxygen atoms in total. The molecule has 0 radical (unpaired) electrons. The van der Waals surface area contributed by atoms with Crippen molar-refractivity contribution in [2.75, 3.05) is 13.1 Å². The summed E-state index contributed by atoms with van der Waals surface area (Å²) >= 11 is 0. The van der Waals surface area contributed by atoms with Crippen molar-refractivity contribution in [1.29, 1.82) is 0 Å². The number of carbonyl (C=O) groups is 1. The highest BCUT2D eigenvalue weighted by atomic mass is 16.4. The topological polar surface area (TPSA) is 73.7 Å². The number of aromatic nitrogens is 1. The molecule has 1 fully saturated rings. The number of carboxylic acids is 1. The Bertz CT molecular complexity index is 418. The summed E-state index contributed by atoms with van der Waals surface area (Å²) in [6, 6.07) is 3.32. The number of pyridine rings is 1. The number of piperidine rings is 1. The summed E-state index contributed by atoms with van der Waals surface area (Å²) in [6.45, 7) is 4.25. The van der Waals surface area contributed by atoms with E-state index < -0.39 is 11.6 Å². The maximum Gasteiger partial charge on any atom is 0.337 e. The Morgan fingerprint density at radius 3 is 2.61 bits per heavy atom. The molecular formula is C13H18N2O3. The van der Waals surface area contributed by atoms with E-state index in [1.807, 2.05) is 6.92 Å². The summed E-state index contributed by atoms with van der Waals surface area (Å²) in [4.78, 5) is 17.1. The highest BCUT2D eigenvalue weighted by Gasteiger charge is 2.27. The number of hydrogen-bond acceptors (Lipinski definition) is 4. The lowest BCUT2D eigenvalue weighted by molar-refractivity contribution is -0.00758. The number of aliphatic hydroxyl groups is 1. The third-order valence-electron chi connectivity index (χ3n) is 3.39. The predicted octanol–water partition coefficient (Wildman–Crippen LogP) is 1.13. The summed E-state index contributed by atoms with van der Waals surface area (Å²) in [6.07, 6.45) is 2.91. The minimum atomic E-state index is -0.955. The molecule has 1 aromatic rings. The van der Waals surface area contributed by atoms with Gasteiger partial charge in [0.25, 0.3) is 0 Å². The highest BCUT2D eigenvalue weighted by molar-refractivity contribution is 5.87. The van der Waals surface area contributed by atoms with Crippen LogP contribution in [-0.2, 0) is 6.54 Å². The van der Waals surface area contributed by atoms with Crippen LogP contribution in [0, 0.1) is 0 Å². The third-order valence-corrected chi connectivity index (χ3v) is 3.39. The van der Waals surface area contributed by atoms with E-state index in [4.69, 9.17) is 5.11 Å². The average Bonchev–Trinajstić information content (AvgIpc) is 2.33. The molecule has 0 spiro atoms. The van der Waals surface area contributed by atoms with Gasteiger partial charge in [0.2, 0.25) is 0 Å². The number of aromatic carboxylic acids is 1. The smallest absolute Gasteiger partial charge is 0.337 e. The van der Waals surface area contributed by atoms with Gasteiger partial charge in [-0.2, -0.15) is 0 Å². The molecule has 18 heavy (non-hydrogen) atoms. The zero-order chi connectivity index (χ0) is 13.2. The second-order valence-electron chi connectivity index (χ2n) is 5.12. The van der Waals surface area contributed by atoms with Crippen LogP contribution in [-0.4, -0.2) is 44.8 Å². The van der Waals surface area contributed by atoms with E-state index in [0.717, 1.165) is 31.6 Å². The zero-order valence-electron chi connectivity index (χ0n) is 10.5. The molecule has 2 rings (SSSR count). The van der Waals surface area contributed by atoms with E-state index in [2.05, 4.69) is 9.88 Å². The molecule has 0 aliphatic carbocycles. The van der Waals surface area contributed by atoms with Gasteiger partial charge in [-0.05, 0) is 31.9 Å². The first-order valence-electron chi connectivity index (χ1n) is 6.09. The van der Waals surface area contributed by atoms with Crippen LogP contribution in [0.2, 0.25) is 0 Å². The van der Waals surface area contributed by atoms with E-state index >= 15 is 0 Å². The van der Waals surface area contributed by atoms with E-state index in [1.54, 1.807) is 12.1 Å². The molecule has 0 unspecified atom stereocenters. The fraction of sp³-hybridized carbons (Fsp3) is 0.538. The minimum absolute atomic E-state index is 0.209. The fourth-order valence-electron chi connectivity index (χ4n) is 2.07. The van der Waals surface area contributed by atoms with Crippen molar-refractivity contribution in [1.82, 2.24) is 9.88 Å². The van der Waals surface area contributed by atoms with Gasteiger partial charge in [0.05, 0.1) is 16.9 Å². The van der Waals surface area contributed by atoms with Crippen molar-refractivity contribution in [3.8, 4) is 0 Å². The summed E-state index contributed by atoms with van der Waals surface area (Å²) in [5, 5.41) is 18.6. The molecular weight excluding hydrogens is 232 g/mol. The second kappa shape index (κ2) is 5.04. The molecule has 0 amide bonds. The average molecular weight is 250 g/mol. The summed E-state index contributed by atoms with van der Waals surface area (Å²) in [5.74, 6) is -0.955. The van der Waals surface area contributed by atoms with Gasteiger partial charge < -0.3 is 10.2 Å². The molecule has 2 heterocycles. The Morgan fingerprint density at radius 1 is 1.44 bits per heavy atom. The lowest BCUT2D eigenvalue weighted by Gasteiger charge is -2.35. The highest BCUT2D eigenvalue weighted by Crippen LogP contribution is 2.21. The minimum Gasteiger partial charge on any atom is -0.478 e. The number of carboxylic acid groups (broad SMARTS) is 1. The lowest BCUT2D eigenvalue weighted by atomic mass is 9.94.